The quantitative estimate of drug-likeness (QED) is 0.715. The predicted molar refractivity (Wildman–Crippen MR) is 105 cm³/mol. The lowest BCUT2D eigenvalue weighted by Crippen LogP contribution is -2.24. The molecule has 1 aromatic carbocycles. The average Bonchev–Trinajstić information content (AvgIpc) is 3.38. The largest absolute Gasteiger partial charge is 0.293 e. The Morgan fingerprint density at radius 2 is 1.97 bits per heavy atom. The standard InChI is InChI=1S/C21H21F2N5O/c22-21(23)10-11-27(13-21)12-14-4-6-15(7-5-14)17-2-1-3-18-24-20(26-28(17)18)25-19(29)16-8-9-16/h1-7,16H,8-13H2,(H,25,26,29). The summed E-state index contributed by atoms with van der Waals surface area (Å²) in [5.41, 5.74) is 3.43. The second-order valence-electron chi connectivity index (χ2n) is 7.89. The Hall–Kier alpha value is -2.87. The molecule has 1 saturated heterocycles. The number of hydrogen-bond donors (Lipinski definition) is 1. The molecule has 1 saturated carbocycles. The Morgan fingerprint density at radius 3 is 2.66 bits per heavy atom. The second kappa shape index (κ2) is 6.88. The van der Waals surface area contributed by atoms with Crippen molar-refractivity contribution in [3.8, 4) is 11.3 Å². The fourth-order valence-corrected chi connectivity index (χ4v) is 3.72. The van der Waals surface area contributed by atoms with Crippen molar-refractivity contribution in [2.45, 2.75) is 31.7 Å². The number of likely N-dealkylation sites (tertiary alicyclic amines) is 1. The van der Waals surface area contributed by atoms with Gasteiger partial charge < -0.3 is 0 Å². The molecule has 1 amide bonds. The van der Waals surface area contributed by atoms with Gasteiger partial charge in [-0.05, 0) is 30.5 Å². The molecule has 0 radical (unpaired) electrons. The molecule has 3 aromatic rings. The van der Waals surface area contributed by atoms with E-state index in [0.717, 1.165) is 29.7 Å². The molecule has 29 heavy (non-hydrogen) atoms. The van der Waals surface area contributed by atoms with Crippen LogP contribution in [0, 0.1) is 5.92 Å². The molecule has 1 aliphatic carbocycles. The van der Waals surface area contributed by atoms with E-state index in [4.69, 9.17) is 0 Å². The van der Waals surface area contributed by atoms with Crippen LogP contribution in [-0.2, 0) is 11.3 Å². The van der Waals surface area contributed by atoms with E-state index in [1.54, 1.807) is 9.42 Å². The van der Waals surface area contributed by atoms with Gasteiger partial charge in [-0.1, -0.05) is 30.3 Å². The molecule has 2 fully saturated rings. The van der Waals surface area contributed by atoms with Crippen LogP contribution in [0.1, 0.15) is 24.8 Å². The maximum atomic E-state index is 13.4. The first kappa shape index (κ1) is 18.2. The van der Waals surface area contributed by atoms with Gasteiger partial charge in [-0.2, -0.15) is 4.98 Å². The fraction of sp³-hybridized carbons (Fsp3) is 0.381. The molecule has 0 atom stereocenters. The van der Waals surface area contributed by atoms with Crippen LogP contribution in [-0.4, -0.2) is 44.4 Å². The minimum atomic E-state index is -2.57. The maximum Gasteiger partial charge on any atom is 0.261 e. The summed E-state index contributed by atoms with van der Waals surface area (Å²) in [5.74, 6) is -2.21. The van der Waals surface area contributed by atoms with Gasteiger partial charge in [0.15, 0.2) is 5.65 Å². The number of carbonyl (C=O) groups excluding carboxylic acids is 1. The number of benzene rings is 1. The molecule has 0 bridgehead atoms. The van der Waals surface area contributed by atoms with Crippen molar-refractivity contribution < 1.29 is 13.6 Å². The molecule has 0 spiro atoms. The van der Waals surface area contributed by atoms with E-state index in [-0.39, 0.29) is 24.8 Å². The number of pyridine rings is 1. The van der Waals surface area contributed by atoms with E-state index < -0.39 is 5.92 Å². The van der Waals surface area contributed by atoms with Crippen LogP contribution in [0.2, 0.25) is 0 Å². The lowest BCUT2D eigenvalue weighted by molar-refractivity contribution is -0.117. The molecule has 8 heteroatoms. The van der Waals surface area contributed by atoms with Crippen molar-refractivity contribution in [1.82, 2.24) is 19.5 Å². The van der Waals surface area contributed by atoms with E-state index in [0.29, 0.717) is 24.7 Å². The van der Waals surface area contributed by atoms with E-state index >= 15 is 0 Å². The van der Waals surface area contributed by atoms with E-state index in [1.807, 2.05) is 42.5 Å². The summed E-state index contributed by atoms with van der Waals surface area (Å²) in [6.07, 6.45) is 1.77. The number of aromatic nitrogens is 3. The molecule has 150 valence electrons. The van der Waals surface area contributed by atoms with E-state index in [1.165, 1.54) is 0 Å². The summed E-state index contributed by atoms with van der Waals surface area (Å²) in [6.45, 7) is 0.755. The maximum absolute atomic E-state index is 13.4. The van der Waals surface area contributed by atoms with Crippen LogP contribution >= 0.6 is 0 Å². The van der Waals surface area contributed by atoms with Crippen LogP contribution < -0.4 is 5.32 Å². The Labute approximate surface area is 166 Å². The van der Waals surface area contributed by atoms with Crippen LogP contribution in [0.4, 0.5) is 14.7 Å². The molecule has 1 aliphatic heterocycles. The van der Waals surface area contributed by atoms with Gasteiger partial charge in [0.1, 0.15) is 0 Å². The lowest BCUT2D eigenvalue weighted by atomic mass is 10.1. The van der Waals surface area contributed by atoms with Gasteiger partial charge in [0.2, 0.25) is 11.9 Å². The van der Waals surface area contributed by atoms with Gasteiger partial charge in [0.05, 0.1) is 12.2 Å². The molecule has 2 aliphatic rings. The zero-order chi connectivity index (χ0) is 20.0. The molecule has 2 aromatic heterocycles. The Morgan fingerprint density at radius 1 is 1.17 bits per heavy atom. The van der Waals surface area contributed by atoms with Crippen molar-refractivity contribution in [2.75, 3.05) is 18.4 Å². The van der Waals surface area contributed by atoms with Gasteiger partial charge in [-0.3, -0.25) is 15.0 Å². The summed E-state index contributed by atoms with van der Waals surface area (Å²) < 4.78 is 28.5. The summed E-state index contributed by atoms with van der Waals surface area (Å²) in [7, 11) is 0. The number of nitrogens with one attached hydrogen (secondary N) is 1. The predicted octanol–water partition coefficient (Wildman–Crippen LogP) is 3.59. The smallest absolute Gasteiger partial charge is 0.261 e. The number of amides is 1. The number of halogens is 2. The third-order valence-electron chi connectivity index (χ3n) is 5.45. The molecule has 0 unspecified atom stereocenters. The number of carbonyl (C=O) groups is 1. The van der Waals surface area contributed by atoms with Gasteiger partial charge in [-0.15, -0.1) is 5.10 Å². The zero-order valence-corrected chi connectivity index (χ0v) is 15.8. The van der Waals surface area contributed by atoms with Gasteiger partial charge in [-0.25, -0.2) is 13.3 Å². The van der Waals surface area contributed by atoms with Crippen molar-refractivity contribution >= 4 is 17.5 Å². The number of hydrogen-bond acceptors (Lipinski definition) is 4. The van der Waals surface area contributed by atoms with Gasteiger partial charge in [0, 0.05) is 31.0 Å². The highest BCUT2D eigenvalue weighted by Gasteiger charge is 2.37. The van der Waals surface area contributed by atoms with Crippen molar-refractivity contribution in [3.05, 3.63) is 48.0 Å². The van der Waals surface area contributed by atoms with Gasteiger partial charge in [0.25, 0.3) is 5.92 Å². The fourth-order valence-electron chi connectivity index (χ4n) is 3.72. The number of rotatable bonds is 5. The van der Waals surface area contributed by atoms with E-state index in [9.17, 15) is 13.6 Å². The summed E-state index contributed by atoms with van der Waals surface area (Å²) in [5, 5.41) is 7.22. The van der Waals surface area contributed by atoms with Crippen molar-refractivity contribution in [2.24, 2.45) is 5.92 Å². The minimum absolute atomic E-state index is 0.0284. The third-order valence-corrected chi connectivity index (χ3v) is 5.45. The van der Waals surface area contributed by atoms with Crippen LogP contribution in [0.3, 0.4) is 0 Å². The average molecular weight is 397 g/mol. The summed E-state index contributed by atoms with van der Waals surface area (Å²) >= 11 is 0. The summed E-state index contributed by atoms with van der Waals surface area (Å²) in [6, 6.07) is 13.5. The normalized spacial score (nSPS) is 19.0. The third kappa shape index (κ3) is 3.85. The Balaban J connectivity index is 1.36. The van der Waals surface area contributed by atoms with Crippen molar-refractivity contribution in [3.63, 3.8) is 0 Å². The molecular weight excluding hydrogens is 376 g/mol. The minimum Gasteiger partial charge on any atom is -0.293 e. The lowest BCUT2D eigenvalue weighted by Gasteiger charge is -2.15. The van der Waals surface area contributed by atoms with Crippen LogP contribution in [0.15, 0.2) is 42.5 Å². The SMILES string of the molecule is O=C(Nc1nc2cccc(-c3ccc(CN4CCC(F)(F)C4)cc3)n2n1)C1CC1. The molecular formula is C21H21F2N5O. The summed E-state index contributed by atoms with van der Waals surface area (Å²) in [4.78, 5) is 18.1. The van der Waals surface area contributed by atoms with Crippen LogP contribution in [0.5, 0.6) is 0 Å². The van der Waals surface area contributed by atoms with Crippen molar-refractivity contribution in [1.29, 1.82) is 0 Å². The molecule has 1 N–H and O–H groups in total. The number of nitrogens with zero attached hydrogens (tertiary/aromatic N) is 4. The highest BCUT2D eigenvalue weighted by Crippen LogP contribution is 2.30. The monoisotopic (exact) mass is 397 g/mol. The molecule has 6 nitrogen and oxygen atoms in total. The van der Waals surface area contributed by atoms with Crippen LogP contribution in [0.25, 0.3) is 16.9 Å². The highest BCUT2D eigenvalue weighted by atomic mass is 19.3. The zero-order valence-electron chi connectivity index (χ0n) is 15.8. The number of anilines is 1. The van der Waals surface area contributed by atoms with Gasteiger partial charge >= 0.3 is 0 Å². The molecule has 3 heterocycles. The first-order valence-corrected chi connectivity index (χ1v) is 9.83. The Kier molecular flexibility index (Phi) is 4.31. The second-order valence-corrected chi connectivity index (χ2v) is 7.89. The molecule has 5 rings (SSSR count). The Bertz CT molecular complexity index is 1060. The van der Waals surface area contributed by atoms with E-state index in [2.05, 4.69) is 15.4 Å². The highest BCUT2D eigenvalue weighted by molar-refractivity contribution is 5.92. The topological polar surface area (TPSA) is 62.5 Å². The first-order valence-electron chi connectivity index (χ1n) is 9.83. The number of fused-ring (bicyclic) bond motifs is 1. The first-order chi connectivity index (χ1) is 14.0. The number of alkyl halides is 2.